The summed E-state index contributed by atoms with van der Waals surface area (Å²) in [5, 5.41) is 0. The zero-order chi connectivity index (χ0) is 14.5. The van der Waals surface area contributed by atoms with Gasteiger partial charge in [0.2, 0.25) is 0 Å². The summed E-state index contributed by atoms with van der Waals surface area (Å²) in [6.45, 7) is 0. The average Bonchev–Trinajstić information content (AvgIpc) is 2.55. The summed E-state index contributed by atoms with van der Waals surface area (Å²) in [6.07, 6.45) is 5.23. The Morgan fingerprint density at radius 2 is 1.38 bits per heavy atom. The molecule has 104 valence electrons. The lowest BCUT2D eigenvalue weighted by atomic mass is 9.98. The lowest BCUT2D eigenvalue weighted by Gasteiger charge is -2.13. The maximum atomic E-state index is 4.38. The monoisotopic (exact) mass is 292 g/mol. The molecule has 0 bridgehead atoms. The van der Waals surface area contributed by atoms with Crippen LogP contribution in [0.1, 0.15) is 17.2 Å². The van der Waals surface area contributed by atoms with Gasteiger partial charge < -0.3 is 0 Å². The molecule has 1 nitrogen and oxygen atoms in total. The standard InChI is InChI=1S/C19H17NS/c21-18-11-9-17(10-12-18)19(20-13-5-2-6-14-20)15-16-7-3-1-4-8-16/h1-14,19H,15H2/p+1. The molecule has 3 aromatic rings. The second-order valence-electron chi connectivity index (χ2n) is 5.12. The van der Waals surface area contributed by atoms with E-state index in [1.807, 2.05) is 6.07 Å². The number of benzene rings is 2. The van der Waals surface area contributed by atoms with Gasteiger partial charge in [0.05, 0.1) is 0 Å². The van der Waals surface area contributed by atoms with Crippen LogP contribution in [0.4, 0.5) is 0 Å². The van der Waals surface area contributed by atoms with E-state index in [0.29, 0.717) is 6.04 Å². The smallest absolute Gasteiger partial charge is 0.187 e. The Bertz CT molecular complexity index is 678. The van der Waals surface area contributed by atoms with Gasteiger partial charge in [-0.25, -0.2) is 0 Å². The van der Waals surface area contributed by atoms with Gasteiger partial charge in [-0.15, -0.1) is 12.6 Å². The molecular weight excluding hydrogens is 274 g/mol. The van der Waals surface area contributed by atoms with Gasteiger partial charge in [0.15, 0.2) is 18.4 Å². The molecule has 0 spiro atoms. The molecule has 1 aromatic heterocycles. The molecule has 0 saturated heterocycles. The number of pyridine rings is 1. The fraction of sp³-hybridized carbons (Fsp3) is 0.105. The Morgan fingerprint density at radius 3 is 2.05 bits per heavy atom. The summed E-state index contributed by atoms with van der Waals surface area (Å²) in [4.78, 5) is 0.996. The van der Waals surface area contributed by atoms with Gasteiger partial charge in [-0.05, 0) is 17.7 Å². The maximum absolute atomic E-state index is 4.38. The van der Waals surface area contributed by atoms with Crippen LogP contribution in [0, 0.1) is 0 Å². The van der Waals surface area contributed by atoms with E-state index < -0.39 is 0 Å². The lowest BCUT2D eigenvalue weighted by Crippen LogP contribution is -2.40. The molecule has 2 heteroatoms. The first kappa shape index (κ1) is 13.9. The molecule has 0 aliphatic heterocycles. The maximum Gasteiger partial charge on any atom is 0.187 e. The highest BCUT2D eigenvalue weighted by atomic mass is 32.1. The topological polar surface area (TPSA) is 3.88 Å². The molecule has 1 heterocycles. The van der Waals surface area contributed by atoms with Crippen molar-refractivity contribution in [3.05, 3.63) is 96.3 Å². The predicted octanol–water partition coefficient (Wildman–Crippen LogP) is 4.09. The molecule has 0 aliphatic carbocycles. The number of rotatable bonds is 4. The molecule has 0 fully saturated rings. The lowest BCUT2D eigenvalue weighted by molar-refractivity contribution is -0.713. The zero-order valence-electron chi connectivity index (χ0n) is 11.8. The van der Waals surface area contributed by atoms with E-state index in [4.69, 9.17) is 0 Å². The van der Waals surface area contributed by atoms with Gasteiger partial charge >= 0.3 is 0 Å². The molecule has 0 aliphatic rings. The van der Waals surface area contributed by atoms with Crippen molar-refractivity contribution in [2.75, 3.05) is 0 Å². The van der Waals surface area contributed by atoms with Gasteiger partial charge in [-0.3, -0.25) is 0 Å². The van der Waals surface area contributed by atoms with Crippen LogP contribution >= 0.6 is 12.6 Å². The molecule has 2 aromatic carbocycles. The van der Waals surface area contributed by atoms with Crippen molar-refractivity contribution in [2.45, 2.75) is 17.4 Å². The summed E-state index contributed by atoms with van der Waals surface area (Å²) in [5.41, 5.74) is 2.64. The highest BCUT2D eigenvalue weighted by molar-refractivity contribution is 7.80. The fourth-order valence-electron chi connectivity index (χ4n) is 2.55. The average molecular weight is 292 g/mol. The molecule has 0 radical (unpaired) electrons. The van der Waals surface area contributed by atoms with Crippen molar-refractivity contribution < 1.29 is 4.57 Å². The van der Waals surface area contributed by atoms with Crippen molar-refractivity contribution >= 4 is 12.6 Å². The van der Waals surface area contributed by atoms with E-state index in [1.165, 1.54) is 11.1 Å². The van der Waals surface area contributed by atoms with Crippen molar-refractivity contribution in [1.29, 1.82) is 0 Å². The van der Waals surface area contributed by atoms with Crippen molar-refractivity contribution in [2.24, 2.45) is 0 Å². The van der Waals surface area contributed by atoms with E-state index in [2.05, 4.69) is 96.3 Å². The van der Waals surface area contributed by atoms with Crippen LogP contribution in [-0.2, 0) is 6.42 Å². The molecule has 21 heavy (non-hydrogen) atoms. The highest BCUT2D eigenvalue weighted by Gasteiger charge is 2.20. The largest absolute Gasteiger partial charge is 0.198 e. The van der Waals surface area contributed by atoms with Crippen molar-refractivity contribution in [1.82, 2.24) is 0 Å². The first-order valence-corrected chi connectivity index (χ1v) is 7.56. The van der Waals surface area contributed by atoms with Crippen LogP contribution < -0.4 is 4.57 Å². The van der Waals surface area contributed by atoms with Crippen LogP contribution in [0.15, 0.2) is 90.1 Å². The zero-order valence-corrected chi connectivity index (χ0v) is 12.7. The Hall–Kier alpha value is -2.06. The molecule has 0 N–H and O–H groups in total. The molecule has 1 unspecified atom stereocenters. The summed E-state index contributed by atoms with van der Waals surface area (Å²) in [6, 6.07) is 25.5. The number of hydrogen-bond donors (Lipinski definition) is 1. The summed E-state index contributed by atoms with van der Waals surface area (Å²) in [5.74, 6) is 0. The van der Waals surface area contributed by atoms with Gasteiger partial charge in [-0.2, -0.15) is 4.57 Å². The van der Waals surface area contributed by atoms with Crippen LogP contribution in [0.5, 0.6) is 0 Å². The van der Waals surface area contributed by atoms with Gasteiger partial charge in [0.25, 0.3) is 0 Å². The predicted molar refractivity (Wildman–Crippen MR) is 88.6 cm³/mol. The van der Waals surface area contributed by atoms with Gasteiger partial charge in [0, 0.05) is 29.0 Å². The number of aromatic nitrogens is 1. The quantitative estimate of drug-likeness (QED) is 0.545. The number of nitrogens with zero attached hydrogens (tertiary/aromatic N) is 1. The molecule has 1 atom stereocenters. The molecule has 0 saturated carbocycles. The second kappa shape index (κ2) is 6.59. The minimum atomic E-state index is 0.294. The normalized spacial score (nSPS) is 12.0. The first-order chi connectivity index (χ1) is 10.3. The minimum Gasteiger partial charge on any atom is -0.198 e. The van der Waals surface area contributed by atoms with E-state index in [1.54, 1.807) is 0 Å². The highest BCUT2D eigenvalue weighted by Crippen LogP contribution is 2.19. The van der Waals surface area contributed by atoms with Crippen molar-refractivity contribution in [3.63, 3.8) is 0 Å². The summed E-state index contributed by atoms with van der Waals surface area (Å²) >= 11 is 4.38. The van der Waals surface area contributed by atoms with Crippen LogP contribution in [0.2, 0.25) is 0 Å². The minimum absolute atomic E-state index is 0.294. The Labute approximate surface area is 131 Å². The van der Waals surface area contributed by atoms with E-state index in [9.17, 15) is 0 Å². The third kappa shape index (κ3) is 3.53. The molecular formula is C19H18NS+. The first-order valence-electron chi connectivity index (χ1n) is 7.11. The second-order valence-corrected chi connectivity index (χ2v) is 5.64. The van der Waals surface area contributed by atoms with Gasteiger partial charge in [0.1, 0.15) is 0 Å². The number of thiol groups is 1. The summed E-state index contributed by atoms with van der Waals surface area (Å²) < 4.78 is 2.26. The van der Waals surface area contributed by atoms with Crippen LogP contribution in [0.25, 0.3) is 0 Å². The molecule has 3 rings (SSSR count). The number of hydrogen-bond acceptors (Lipinski definition) is 1. The van der Waals surface area contributed by atoms with Crippen LogP contribution in [0.3, 0.4) is 0 Å². The van der Waals surface area contributed by atoms with E-state index in [0.717, 1.165) is 11.3 Å². The Balaban J connectivity index is 1.97. The van der Waals surface area contributed by atoms with E-state index >= 15 is 0 Å². The fourth-order valence-corrected chi connectivity index (χ4v) is 2.70. The SMILES string of the molecule is Sc1ccc(C(Cc2ccccc2)[n+]2ccccc2)cc1. The molecule has 0 amide bonds. The van der Waals surface area contributed by atoms with E-state index in [-0.39, 0.29) is 0 Å². The van der Waals surface area contributed by atoms with Crippen LogP contribution in [-0.4, -0.2) is 0 Å². The Kier molecular flexibility index (Phi) is 4.37. The Morgan fingerprint density at radius 1 is 0.762 bits per heavy atom. The van der Waals surface area contributed by atoms with Gasteiger partial charge in [-0.1, -0.05) is 48.5 Å². The third-order valence-electron chi connectivity index (χ3n) is 3.65. The van der Waals surface area contributed by atoms with Crippen molar-refractivity contribution in [3.8, 4) is 0 Å². The summed E-state index contributed by atoms with van der Waals surface area (Å²) in [7, 11) is 0. The third-order valence-corrected chi connectivity index (χ3v) is 3.95.